The van der Waals surface area contributed by atoms with Crippen LogP contribution >= 0.6 is 0 Å². The van der Waals surface area contributed by atoms with Gasteiger partial charge in [-0.05, 0) is 55.3 Å². The van der Waals surface area contributed by atoms with Gasteiger partial charge in [-0.1, -0.05) is 0 Å². The van der Waals surface area contributed by atoms with Gasteiger partial charge in [-0.25, -0.2) is 21.3 Å². The molecule has 47 heavy (non-hydrogen) atoms. The predicted molar refractivity (Wildman–Crippen MR) is 176 cm³/mol. The number of amidine groups is 1. The number of carboxylic acid groups (broad SMARTS) is 1. The predicted octanol–water partition coefficient (Wildman–Crippen LogP) is -0.106. The zero-order valence-electron chi connectivity index (χ0n) is 25.1. The van der Waals surface area contributed by atoms with Gasteiger partial charge in [-0.2, -0.15) is 9.97 Å². The zero-order chi connectivity index (χ0) is 33.9. The fourth-order valence-corrected chi connectivity index (χ4v) is 4.67. The highest BCUT2D eigenvalue weighted by atomic mass is 16.3. The van der Waals surface area contributed by atoms with Crippen molar-refractivity contribution in [2.75, 3.05) is 30.3 Å². The highest BCUT2D eigenvalue weighted by molar-refractivity contribution is 6.09. The number of hydrogen-bond acceptors (Lipinski definition) is 13. The Bertz CT molecular complexity index is 1940. The molecule has 18 heteroatoms. The van der Waals surface area contributed by atoms with Crippen molar-refractivity contribution in [3.05, 3.63) is 77.2 Å². The van der Waals surface area contributed by atoms with Crippen LogP contribution in [0.5, 0.6) is 0 Å². The summed E-state index contributed by atoms with van der Waals surface area (Å²) >= 11 is 0. The first-order valence-electron chi connectivity index (χ1n) is 14.1. The first kappa shape index (κ1) is 33.3. The Morgan fingerprint density at radius 2 is 1.66 bits per heavy atom. The number of fused-ring (bicyclic) bond motifs is 2. The van der Waals surface area contributed by atoms with E-state index in [0.29, 0.717) is 71.7 Å². The smallest absolute Gasteiger partial charge is 0.290 e. The number of nitrogen functional groups attached to an aromatic ring is 3. The number of nitrogens with two attached hydrogens (primary N) is 5. The molecule has 0 unspecified atom stereocenters. The second kappa shape index (κ2) is 15.4. The van der Waals surface area contributed by atoms with Gasteiger partial charge in [0, 0.05) is 47.0 Å². The number of aromatic nitrogens is 5. The van der Waals surface area contributed by atoms with Crippen LogP contribution in [0.1, 0.15) is 44.8 Å². The Morgan fingerprint density at radius 1 is 0.936 bits per heavy atom. The van der Waals surface area contributed by atoms with Crippen LogP contribution in [0.25, 0.3) is 22.1 Å². The maximum atomic E-state index is 12.8. The highest BCUT2D eigenvalue weighted by Gasteiger charge is 2.15. The van der Waals surface area contributed by atoms with E-state index in [1.807, 2.05) is 29.0 Å². The zero-order valence-corrected chi connectivity index (χ0v) is 25.1. The van der Waals surface area contributed by atoms with Gasteiger partial charge in [0.05, 0.1) is 24.0 Å². The second-order valence-electron chi connectivity index (χ2n) is 9.97. The minimum atomic E-state index is -0.324. The Kier molecular flexibility index (Phi) is 10.9. The van der Waals surface area contributed by atoms with Gasteiger partial charge < -0.3 is 43.2 Å². The second-order valence-corrected chi connectivity index (χ2v) is 9.97. The van der Waals surface area contributed by atoms with Crippen LogP contribution in [0.4, 0.5) is 17.5 Å². The van der Waals surface area contributed by atoms with Crippen LogP contribution in [-0.4, -0.2) is 66.8 Å². The monoisotopic (exact) mass is 642 g/mol. The lowest BCUT2D eigenvalue weighted by Gasteiger charge is -2.11. The molecule has 0 atom stereocenters. The molecule has 5 aromatic rings. The van der Waals surface area contributed by atoms with Crippen molar-refractivity contribution in [3.63, 3.8) is 0 Å². The lowest BCUT2D eigenvalue weighted by Crippen LogP contribution is -2.30. The Hall–Kier alpha value is -6.56. The lowest BCUT2D eigenvalue weighted by molar-refractivity contribution is -0.122. The summed E-state index contributed by atoms with van der Waals surface area (Å²) in [6.07, 6.45) is 4.84. The van der Waals surface area contributed by atoms with E-state index in [1.165, 1.54) is 0 Å². The van der Waals surface area contributed by atoms with Gasteiger partial charge in [-0.3, -0.25) is 14.4 Å². The summed E-state index contributed by atoms with van der Waals surface area (Å²) in [6, 6.07) is 12.2. The van der Waals surface area contributed by atoms with Crippen LogP contribution in [0, 0.1) is 0 Å². The van der Waals surface area contributed by atoms with Crippen molar-refractivity contribution in [1.82, 2.24) is 40.7 Å². The average molecular weight is 643 g/mol. The number of hydrazine groups is 1. The molecule has 0 fully saturated rings. The molecule has 3 heterocycles. The molecule has 0 aliphatic rings. The number of rotatable bonds is 11. The van der Waals surface area contributed by atoms with Gasteiger partial charge in [0.2, 0.25) is 5.95 Å². The number of hydrogen-bond donors (Lipinski definition) is 9. The molecule has 0 saturated heterocycles. The number of nitrogens with zero attached hydrogens (tertiary/aromatic N) is 6. The minimum Gasteiger partial charge on any atom is -0.483 e. The van der Waals surface area contributed by atoms with Gasteiger partial charge in [0.1, 0.15) is 0 Å². The van der Waals surface area contributed by atoms with Crippen LogP contribution in [0.2, 0.25) is 0 Å². The quantitative estimate of drug-likeness (QED) is 0.0173. The SMILES string of the molecule is NN/N=C(\N)c1cc(N)ccc1C(=O)NCCCCNC(=O)c1ccc2c(ccn2Cc2cnc3nc(N)nc(N)c3n2)c1.O=CO. The topological polar surface area (TPSA) is 306 Å². The highest BCUT2D eigenvalue weighted by Crippen LogP contribution is 2.20. The Balaban J connectivity index is 0.00000160. The van der Waals surface area contributed by atoms with E-state index in [4.69, 9.17) is 38.7 Å². The number of carbonyl (C=O) groups excluding carboxylic acids is 2. The molecule has 2 aromatic carbocycles. The molecular weight excluding hydrogens is 608 g/mol. The van der Waals surface area contributed by atoms with E-state index < -0.39 is 0 Å². The molecule has 14 N–H and O–H groups in total. The maximum absolute atomic E-state index is 12.8. The van der Waals surface area contributed by atoms with Crippen molar-refractivity contribution in [3.8, 4) is 0 Å². The summed E-state index contributed by atoms with van der Waals surface area (Å²) in [4.78, 5) is 50.7. The standard InChI is InChI=1S/C28H32N14O2.CH2O2/c29-17-4-5-19(20(12-17)23(30)40-41-33)27(44)35-9-2-1-8-34-26(43)16-3-6-21-15(11-16)7-10-42(21)14-18-13-36-25-22(37-18)24(31)38-28(32)39-25;2-1-3/h3-7,10-13,41H,1-2,8-9,14,29,33H2,(H2,30,40)(H,34,43)(H,35,44)(H4,31,32,36,38,39);1H,(H,2,3). The number of nitrogens with one attached hydrogen (secondary N) is 3. The molecule has 0 aliphatic carbocycles. The number of hydrazone groups is 1. The van der Waals surface area contributed by atoms with Crippen LogP contribution < -0.4 is 44.9 Å². The molecule has 0 bridgehead atoms. The summed E-state index contributed by atoms with van der Waals surface area (Å²) in [6.45, 7) is 1.03. The molecule has 0 radical (unpaired) electrons. The number of unbranched alkanes of at least 4 members (excludes halogenated alkanes) is 1. The molecule has 0 spiro atoms. The van der Waals surface area contributed by atoms with E-state index in [1.54, 1.807) is 30.5 Å². The Labute approximate surface area is 267 Å². The van der Waals surface area contributed by atoms with Crippen molar-refractivity contribution in [2.45, 2.75) is 19.4 Å². The average Bonchev–Trinajstić information content (AvgIpc) is 3.44. The summed E-state index contributed by atoms with van der Waals surface area (Å²) in [5, 5.41) is 17.3. The molecule has 5 rings (SSSR count). The van der Waals surface area contributed by atoms with E-state index in [-0.39, 0.29) is 35.9 Å². The number of carbonyl (C=O) groups is 3. The summed E-state index contributed by atoms with van der Waals surface area (Å²) in [5.41, 5.74) is 29.4. The molecular formula is C29H34N14O4. The normalized spacial score (nSPS) is 11.0. The fraction of sp³-hybridized carbons (Fsp3) is 0.172. The Morgan fingerprint density at radius 3 is 2.38 bits per heavy atom. The fourth-order valence-electron chi connectivity index (χ4n) is 4.67. The molecule has 244 valence electrons. The minimum absolute atomic E-state index is 0.0362. The van der Waals surface area contributed by atoms with Crippen molar-refractivity contribution >= 4 is 63.6 Å². The first-order valence-corrected chi connectivity index (χ1v) is 14.1. The number of anilines is 3. The van der Waals surface area contributed by atoms with Crippen LogP contribution in [0.15, 0.2) is 60.0 Å². The third kappa shape index (κ3) is 8.34. The molecule has 0 saturated carbocycles. The largest absolute Gasteiger partial charge is 0.483 e. The van der Waals surface area contributed by atoms with E-state index in [9.17, 15) is 9.59 Å². The lowest BCUT2D eigenvalue weighted by atomic mass is 10.0. The van der Waals surface area contributed by atoms with E-state index in [2.05, 4.69) is 41.2 Å². The van der Waals surface area contributed by atoms with Crippen LogP contribution in [0.3, 0.4) is 0 Å². The van der Waals surface area contributed by atoms with Crippen molar-refractivity contribution < 1.29 is 19.5 Å². The number of benzene rings is 2. The van der Waals surface area contributed by atoms with Crippen LogP contribution in [-0.2, 0) is 11.3 Å². The maximum Gasteiger partial charge on any atom is 0.290 e. The van der Waals surface area contributed by atoms with E-state index >= 15 is 0 Å². The molecule has 0 aliphatic heterocycles. The van der Waals surface area contributed by atoms with E-state index in [0.717, 1.165) is 10.9 Å². The van der Waals surface area contributed by atoms with Crippen molar-refractivity contribution in [2.24, 2.45) is 16.7 Å². The van der Waals surface area contributed by atoms with Crippen molar-refractivity contribution in [1.29, 1.82) is 0 Å². The molecule has 2 amide bonds. The van der Waals surface area contributed by atoms with Gasteiger partial charge in [-0.15, -0.1) is 5.10 Å². The molecule has 18 nitrogen and oxygen atoms in total. The van der Waals surface area contributed by atoms with Gasteiger partial charge in [0.15, 0.2) is 22.8 Å². The molecule has 3 aromatic heterocycles. The summed E-state index contributed by atoms with van der Waals surface area (Å²) < 4.78 is 2.00. The first-order chi connectivity index (χ1) is 22.6. The van der Waals surface area contributed by atoms with Gasteiger partial charge >= 0.3 is 0 Å². The number of amides is 2. The third-order valence-electron chi connectivity index (χ3n) is 6.79. The third-order valence-corrected chi connectivity index (χ3v) is 6.79. The summed E-state index contributed by atoms with van der Waals surface area (Å²) in [5.74, 6) is 4.93. The van der Waals surface area contributed by atoms with Gasteiger partial charge in [0.25, 0.3) is 18.3 Å². The summed E-state index contributed by atoms with van der Waals surface area (Å²) in [7, 11) is 0.